The van der Waals surface area contributed by atoms with Crippen LogP contribution in [0.3, 0.4) is 0 Å². The van der Waals surface area contributed by atoms with Gasteiger partial charge in [0.15, 0.2) is 0 Å². The minimum absolute atomic E-state index is 0.250. The van der Waals surface area contributed by atoms with Crippen LogP contribution in [0, 0.1) is 0 Å². The molecule has 0 spiro atoms. The smallest absolute Gasteiger partial charge is 0.0402 e. The second-order valence-corrected chi connectivity index (χ2v) is 3.34. The number of hydrogen-bond donors (Lipinski definition) is 2. The fourth-order valence-electron chi connectivity index (χ4n) is 0.707. The Morgan fingerprint density at radius 3 is 0.625 bits per heavy atom. The van der Waals surface area contributed by atoms with Gasteiger partial charge in [-0.25, -0.2) is 0 Å². The number of unbranched alkanes of at least 4 members (excludes halogenated alkanes) is 4. The van der Waals surface area contributed by atoms with Crippen LogP contribution in [0.15, 0.2) is 0 Å². The molecule has 2 N–H and O–H groups in total. The van der Waals surface area contributed by atoms with E-state index in [1.807, 2.05) is 0 Å². The lowest BCUT2D eigenvalue weighted by atomic mass is 10.3. The topological polar surface area (TPSA) is 40.5 Å². The van der Waals surface area contributed by atoms with E-state index in [1.54, 1.807) is 13.8 Å². The predicted octanol–water partition coefficient (Wildman–Crippen LogP) is 4.39. The van der Waals surface area contributed by atoms with Crippen LogP contribution < -0.4 is 0 Å². The molecule has 0 heterocycles. The van der Waals surface area contributed by atoms with Crippen LogP contribution in [0.25, 0.3) is 0 Å². The van der Waals surface area contributed by atoms with Crippen molar-refractivity contribution >= 4 is 0 Å². The van der Waals surface area contributed by atoms with E-state index in [2.05, 4.69) is 27.7 Å². The molecule has 0 unspecified atom stereocenters. The summed E-state index contributed by atoms with van der Waals surface area (Å²) in [5.41, 5.74) is 0. The molecule has 0 saturated heterocycles. The Bertz CT molecular complexity index is 44.7. The third kappa shape index (κ3) is 151. The van der Waals surface area contributed by atoms with Crippen molar-refractivity contribution in [3.63, 3.8) is 0 Å². The molecule has 0 amide bonds. The molecule has 2 heteroatoms. The van der Waals surface area contributed by atoms with Gasteiger partial charge >= 0.3 is 0 Å². The molecular formula is C14H36O2. The second kappa shape index (κ2) is 46.1. The van der Waals surface area contributed by atoms with Gasteiger partial charge in [-0.2, -0.15) is 0 Å². The molecule has 104 valence electrons. The average Bonchev–Trinajstić information content (AvgIpc) is 2.23. The van der Waals surface area contributed by atoms with Crippen LogP contribution in [0.1, 0.15) is 80.1 Å². The highest BCUT2D eigenvalue weighted by Gasteiger charge is 1.68. The molecule has 0 aliphatic heterocycles. The average molecular weight is 236 g/mol. The first-order chi connectivity index (χ1) is 7.66. The van der Waals surface area contributed by atoms with E-state index in [0.29, 0.717) is 0 Å². The first-order valence-electron chi connectivity index (χ1n) is 6.88. The van der Waals surface area contributed by atoms with Crippen molar-refractivity contribution in [1.29, 1.82) is 0 Å². The standard InChI is InChI=1S/2C5H12.2C2H6O/c2*1-3-5-4-2;2*1-2-3/h2*3-5H2,1-2H3;2*3H,2H2,1H3. The summed E-state index contributed by atoms with van der Waals surface area (Å²) in [6.45, 7) is 12.7. The van der Waals surface area contributed by atoms with Crippen molar-refractivity contribution in [3.8, 4) is 0 Å². The van der Waals surface area contributed by atoms with Crippen LogP contribution in [-0.2, 0) is 0 Å². The summed E-state index contributed by atoms with van der Waals surface area (Å²) in [6.07, 6.45) is 8.15. The van der Waals surface area contributed by atoms with Crippen molar-refractivity contribution in [2.45, 2.75) is 80.1 Å². The molecule has 0 fully saturated rings. The van der Waals surface area contributed by atoms with Crippen LogP contribution in [0.4, 0.5) is 0 Å². The Labute approximate surface area is 104 Å². The van der Waals surface area contributed by atoms with Crippen LogP contribution in [-0.4, -0.2) is 23.4 Å². The van der Waals surface area contributed by atoms with E-state index in [0.717, 1.165) is 0 Å². The van der Waals surface area contributed by atoms with E-state index in [-0.39, 0.29) is 13.2 Å². The zero-order valence-corrected chi connectivity index (χ0v) is 12.6. The second-order valence-electron chi connectivity index (χ2n) is 3.34. The van der Waals surface area contributed by atoms with Crippen molar-refractivity contribution in [3.05, 3.63) is 0 Å². The Morgan fingerprint density at radius 1 is 0.500 bits per heavy atom. The maximum absolute atomic E-state index is 7.57. The minimum atomic E-state index is 0.250. The molecular weight excluding hydrogens is 200 g/mol. The molecule has 0 radical (unpaired) electrons. The SMILES string of the molecule is CCCCC.CCCCC.CCO.CCO. The minimum Gasteiger partial charge on any atom is -0.397 e. The normalized spacial score (nSPS) is 7.50. The maximum Gasteiger partial charge on any atom is 0.0402 e. The lowest BCUT2D eigenvalue weighted by molar-refractivity contribution is 0.318. The molecule has 0 aromatic heterocycles. The van der Waals surface area contributed by atoms with Crippen molar-refractivity contribution < 1.29 is 10.2 Å². The molecule has 0 aromatic rings. The number of aliphatic hydroxyl groups excluding tert-OH is 2. The zero-order chi connectivity index (χ0) is 13.7. The van der Waals surface area contributed by atoms with Crippen LogP contribution >= 0.6 is 0 Å². The summed E-state index contributed by atoms with van der Waals surface area (Å²) in [5.74, 6) is 0. The summed E-state index contributed by atoms with van der Waals surface area (Å²) in [5, 5.41) is 15.1. The third-order valence-corrected chi connectivity index (χ3v) is 1.41. The molecule has 0 bridgehead atoms. The van der Waals surface area contributed by atoms with E-state index in [4.69, 9.17) is 10.2 Å². The highest BCUT2D eigenvalue weighted by atomic mass is 16.3. The van der Waals surface area contributed by atoms with Gasteiger partial charge in [0.05, 0.1) is 0 Å². The molecule has 16 heavy (non-hydrogen) atoms. The number of hydrogen-bond acceptors (Lipinski definition) is 2. The summed E-state index contributed by atoms with van der Waals surface area (Å²) in [6, 6.07) is 0. The van der Waals surface area contributed by atoms with Crippen LogP contribution in [0.2, 0.25) is 0 Å². The lowest BCUT2D eigenvalue weighted by Gasteiger charge is -1.79. The van der Waals surface area contributed by atoms with Crippen molar-refractivity contribution in [2.24, 2.45) is 0 Å². The van der Waals surface area contributed by atoms with Gasteiger partial charge in [0.1, 0.15) is 0 Å². The monoisotopic (exact) mass is 236 g/mol. The van der Waals surface area contributed by atoms with Gasteiger partial charge in [-0.1, -0.05) is 66.2 Å². The quantitative estimate of drug-likeness (QED) is 0.760. The van der Waals surface area contributed by atoms with Crippen LogP contribution in [0.5, 0.6) is 0 Å². The first kappa shape index (κ1) is 24.9. The Balaban J connectivity index is -0.0000000621. The van der Waals surface area contributed by atoms with E-state index in [1.165, 1.54) is 38.5 Å². The predicted molar refractivity (Wildman–Crippen MR) is 75.9 cm³/mol. The van der Waals surface area contributed by atoms with Crippen molar-refractivity contribution in [1.82, 2.24) is 0 Å². The molecule has 0 aromatic carbocycles. The fraction of sp³-hybridized carbons (Fsp3) is 1.00. The molecule has 0 saturated carbocycles. The van der Waals surface area contributed by atoms with Gasteiger partial charge in [0.25, 0.3) is 0 Å². The first-order valence-corrected chi connectivity index (χ1v) is 6.88. The molecule has 0 aliphatic carbocycles. The largest absolute Gasteiger partial charge is 0.397 e. The van der Waals surface area contributed by atoms with Crippen molar-refractivity contribution in [2.75, 3.05) is 13.2 Å². The highest BCUT2D eigenvalue weighted by Crippen LogP contribution is 1.88. The summed E-state index contributed by atoms with van der Waals surface area (Å²) in [7, 11) is 0. The summed E-state index contributed by atoms with van der Waals surface area (Å²) < 4.78 is 0. The van der Waals surface area contributed by atoms with E-state index in [9.17, 15) is 0 Å². The van der Waals surface area contributed by atoms with Gasteiger partial charge in [0.2, 0.25) is 0 Å². The fourth-order valence-corrected chi connectivity index (χ4v) is 0.707. The zero-order valence-electron chi connectivity index (χ0n) is 12.6. The maximum atomic E-state index is 7.57. The Hall–Kier alpha value is -0.0800. The van der Waals surface area contributed by atoms with Gasteiger partial charge in [-0.3, -0.25) is 0 Å². The third-order valence-electron chi connectivity index (χ3n) is 1.41. The van der Waals surface area contributed by atoms with Gasteiger partial charge < -0.3 is 10.2 Å². The van der Waals surface area contributed by atoms with E-state index < -0.39 is 0 Å². The lowest BCUT2D eigenvalue weighted by Crippen LogP contribution is -1.59. The van der Waals surface area contributed by atoms with Gasteiger partial charge in [0, 0.05) is 13.2 Å². The Kier molecular flexibility index (Phi) is 71.8. The van der Waals surface area contributed by atoms with Gasteiger partial charge in [-0.05, 0) is 13.8 Å². The Morgan fingerprint density at radius 2 is 0.625 bits per heavy atom. The number of rotatable bonds is 4. The summed E-state index contributed by atoms with van der Waals surface area (Å²) in [4.78, 5) is 0. The molecule has 2 nitrogen and oxygen atoms in total. The van der Waals surface area contributed by atoms with E-state index >= 15 is 0 Å². The molecule has 0 aliphatic rings. The molecule has 0 atom stereocenters. The molecule has 0 rings (SSSR count). The number of aliphatic hydroxyl groups is 2. The van der Waals surface area contributed by atoms with Gasteiger partial charge in [-0.15, -0.1) is 0 Å². The highest BCUT2D eigenvalue weighted by molar-refractivity contribution is 4.24. The summed E-state index contributed by atoms with van der Waals surface area (Å²) >= 11 is 0.